The van der Waals surface area contributed by atoms with Crippen LogP contribution < -0.4 is 5.32 Å². The predicted octanol–water partition coefficient (Wildman–Crippen LogP) is 2.16. The van der Waals surface area contributed by atoms with Gasteiger partial charge in [0.25, 0.3) is 0 Å². The first-order valence-electron chi connectivity index (χ1n) is 10.0. The second kappa shape index (κ2) is 8.84. The number of amides is 2. The van der Waals surface area contributed by atoms with Gasteiger partial charge in [0.1, 0.15) is 0 Å². The summed E-state index contributed by atoms with van der Waals surface area (Å²) in [4.78, 5) is 28.6. The molecule has 1 aliphatic carbocycles. The van der Waals surface area contributed by atoms with E-state index in [4.69, 9.17) is 0 Å². The number of likely N-dealkylation sites (tertiary alicyclic amines) is 2. The van der Waals surface area contributed by atoms with Crippen molar-refractivity contribution in [2.75, 3.05) is 32.7 Å². The highest BCUT2D eigenvalue weighted by Crippen LogP contribution is 2.23. The molecule has 2 saturated heterocycles. The molecule has 2 amide bonds. The van der Waals surface area contributed by atoms with Gasteiger partial charge in [0, 0.05) is 32.1 Å². The molecule has 0 aromatic carbocycles. The van der Waals surface area contributed by atoms with E-state index in [2.05, 4.69) is 10.2 Å². The van der Waals surface area contributed by atoms with E-state index in [1.807, 2.05) is 4.90 Å². The highest BCUT2D eigenvalue weighted by Gasteiger charge is 2.29. The number of carbonyl (C=O) groups is 2. The monoisotopic (exact) mass is 335 g/mol. The van der Waals surface area contributed by atoms with Crippen LogP contribution in [0.1, 0.15) is 64.2 Å². The molecular formula is C19H33N3O2. The standard InChI is InChI=1S/C19H33N3O2/c23-18(20-13-16-7-2-1-3-8-16)15-21-11-5-4-9-17(21)14-22-12-6-10-19(22)24/h16-17H,1-15H2,(H,20,23). The molecule has 0 aromatic heterocycles. The van der Waals surface area contributed by atoms with Crippen molar-refractivity contribution in [1.29, 1.82) is 0 Å². The summed E-state index contributed by atoms with van der Waals surface area (Å²) in [5, 5.41) is 3.16. The van der Waals surface area contributed by atoms with Crippen molar-refractivity contribution in [3.8, 4) is 0 Å². The third kappa shape index (κ3) is 4.95. The van der Waals surface area contributed by atoms with Crippen molar-refractivity contribution in [2.24, 2.45) is 5.92 Å². The van der Waals surface area contributed by atoms with Crippen molar-refractivity contribution in [3.05, 3.63) is 0 Å². The van der Waals surface area contributed by atoms with Crippen molar-refractivity contribution in [1.82, 2.24) is 15.1 Å². The Kier molecular flexibility index (Phi) is 6.52. The van der Waals surface area contributed by atoms with E-state index in [0.29, 0.717) is 30.8 Å². The number of piperidine rings is 1. The molecule has 1 N–H and O–H groups in total. The quantitative estimate of drug-likeness (QED) is 0.809. The summed E-state index contributed by atoms with van der Waals surface area (Å²) in [6.07, 6.45) is 11.7. The second-order valence-corrected chi connectivity index (χ2v) is 7.87. The average molecular weight is 335 g/mol. The summed E-state index contributed by atoms with van der Waals surface area (Å²) in [5.41, 5.74) is 0. The van der Waals surface area contributed by atoms with Crippen LogP contribution in [0.2, 0.25) is 0 Å². The fourth-order valence-corrected chi connectivity index (χ4v) is 4.52. The van der Waals surface area contributed by atoms with Gasteiger partial charge in [-0.3, -0.25) is 14.5 Å². The molecule has 0 spiro atoms. The number of nitrogens with one attached hydrogen (secondary N) is 1. The Labute approximate surface area is 146 Å². The number of rotatable bonds is 6. The van der Waals surface area contributed by atoms with Gasteiger partial charge < -0.3 is 10.2 Å². The molecule has 2 heterocycles. The van der Waals surface area contributed by atoms with Gasteiger partial charge in [0.05, 0.1) is 6.54 Å². The van der Waals surface area contributed by atoms with Crippen molar-refractivity contribution in [2.45, 2.75) is 70.3 Å². The van der Waals surface area contributed by atoms with E-state index < -0.39 is 0 Å². The lowest BCUT2D eigenvalue weighted by Crippen LogP contribution is -2.50. The third-order valence-electron chi connectivity index (χ3n) is 6.01. The molecule has 0 aromatic rings. The summed E-state index contributed by atoms with van der Waals surface area (Å²) >= 11 is 0. The van der Waals surface area contributed by atoms with Crippen LogP contribution in [0.15, 0.2) is 0 Å². The Morgan fingerprint density at radius 2 is 1.79 bits per heavy atom. The largest absolute Gasteiger partial charge is 0.355 e. The van der Waals surface area contributed by atoms with Crippen LogP contribution in [0.25, 0.3) is 0 Å². The molecule has 0 bridgehead atoms. The predicted molar refractivity (Wildman–Crippen MR) is 94.6 cm³/mol. The molecule has 24 heavy (non-hydrogen) atoms. The van der Waals surface area contributed by atoms with Crippen LogP contribution in [0.5, 0.6) is 0 Å². The van der Waals surface area contributed by atoms with Gasteiger partial charge in [-0.25, -0.2) is 0 Å². The Bertz CT molecular complexity index is 434. The highest BCUT2D eigenvalue weighted by molar-refractivity contribution is 5.78. The van der Waals surface area contributed by atoms with E-state index >= 15 is 0 Å². The number of hydrogen-bond donors (Lipinski definition) is 1. The SMILES string of the molecule is O=C(CN1CCCCC1CN1CCCC1=O)NCC1CCCCC1. The first-order valence-corrected chi connectivity index (χ1v) is 10.0. The van der Waals surface area contributed by atoms with Crippen molar-refractivity contribution < 1.29 is 9.59 Å². The van der Waals surface area contributed by atoms with Crippen LogP contribution in [0.3, 0.4) is 0 Å². The van der Waals surface area contributed by atoms with Gasteiger partial charge >= 0.3 is 0 Å². The molecule has 0 radical (unpaired) electrons. The molecule has 1 saturated carbocycles. The maximum absolute atomic E-state index is 12.4. The van der Waals surface area contributed by atoms with E-state index in [1.165, 1.54) is 44.9 Å². The molecule has 3 fully saturated rings. The Hall–Kier alpha value is -1.10. The van der Waals surface area contributed by atoms with E-state index in [1.54, 1.807) is 0 Å². The minimum atomic E-state index is 0.167. The third-order valence-corrected chi connectivity index (χ3v) is 6.01. The summed E-state index contributed by atoms with van der Waals surface area (Å²) in [7, 11) is 0. The Morgan fingerprint density at radius 3 is 2.54 bits per heavy atom. The first-order chi connectivity index (χ1) is 11.7. The van der Waals surface area contributed by atoms with Gasteiger partial charge in [0.15, 0.2) is 0 Å². The fraction of sp³-hybridized carbons (Fsp3) is 0.895. The molecule has 1 atom stereocenters. The molecule has 5 nitrogen and oxygen atoms in total. The zero-order chi connectivity index (χ0) is 16.8. The number of carbonyl (C=O) groups excluding carboxylic acids is 2. The number of nitrogens with zero attached hydrogens (tertiary/aromatic N) is 2. The lowest BCUT2D eigenvalue weighted by atomic mass is 9.89. The van der Waals surface area contributed by atoms with Crippen LogP contribution >= 0.6 is 0 Å². The molecular weight excluding hydrogens is 302 g/mol. The number of hydrogen-bond acceptors (Lipinski definition) is 3. The maximum Gasteiger partial charge on any atom is 0.234 e. The Balaban J connectivity index is 1.44. The van der Waals surface area contributed by atoms with Crippen LogP contribution in [-0.4, -0.2) is 60.4 Å². The highest BCUT2D eigenvalue weighted by atomic mass is 16.2. The smallest absolute Gasteiger partial charge is 0.234 e. The molecule has 2 aliphatic heterocycles. The van der Waals surface area contributed by atoms with Crippen LogP contribution in [-0.2, 0) is 9.59 Å². The van der Waals surface area contributed by atoms with Crippen molar-refractivity contribution in [3.63, 3.8) is 0 Å². The average Bonchev–Trinajstić information content (AvgIpc) is 3.01. The molecule has 3 rings (SSSR count). The molecule has 1 unspecified atom stereocenters. The van der Waals surface area contributed by atoms with E-state index in [9.17, 15) is 9.59 Å². The fourth-order valence-electron chi connectivity index (χ4n) is 4.52. The normalized spacial score (nSPS) is 26.8. The summed E-state index contributed by atoms with van der Waals surface area (Å²) < 4.78 is 0. The zero-order valence-corrected chi connectivity index (χ0v) is 15.0. The van der Waals surface area contributed by atoms with Gasteiger partial charge in [-0.1, -0.05) is 25.7 Å². The van der Waals surface area contributed by atoms with Crippen LogP contribution in [0, 0.1) is 5.92 Å². The second-order valence-electron chi connectivity index (χ2n) is 7.87. The minimum absolute atomic E-state index is 0.167. The summed E-state index contributed by atoms with van der Waals surface area (Å²) in [6.45, 7) is 4.05. The first kappa shape index (κ1) is 17.7. The lowest BCUT2D eigenvalue weighted by molar-refractivity contribution is -0.128. The Morgan fingerprint density at radius 1 is 1.00 bits per heavy atom. The van der Waals surface area contributed by atoms with Gasteiger partial charge in [-0.15, -0.1) is 0 Å². The van der Waals surface area contributed by atoms with Crippen LogP contribution in [0.4, 0.5) is 0 Å². The topological polar surface area (TPSA) is 52.7 Å². The van der Waals surface area contributed by atoms with Gasteiger partial charge in [0.2, 0.25) is 11.8 Å². The van der Waals surface area contributed by atoms with Gasteiger partial charge in [-0.2, -0.15) is 0 Å². The summed E-state index contributed by atoms with van der Waals surface area (Å²) in [6, 6.07) is 0.362. The lowest BCUT2D eigenvalue weighted by Gasteiger charge is -2.37. The van der Waals surface area contributed by atoms with E-state index in [0.717, 1.165) is 39.0 Å². The van der Waals surface area contributed by atoms with Crippen molar-refractivity contribution >= 4 is 11.8 Å². The molecule has 136 valence electrons. The minimum Gasteiger partial charge on any atom is -0.355 e. The maximum atomic E-state index is 12.4. The molecule has 5 heteroatoms. The molecule has 3 aliphatic rings. The summed E-state index contributed by atoms with van der Waals surface area (Å²) in [5.74, 6) is 1.14. The van der Waals surface area contributed by atoms with E-state index in [-0.39, 0.29) is 5.91 Å². The zero-order valence-electron chi connectivity index (χ0n) is 15.0. The van der Waals surface area contributed by atoms with Gasteiger partial charge in [-0.05, 0) is 44.6 Å².